The van der Waals surface area contributed by atoms with Gasteiger partial charge in [0.25, 0.3) is 0 Å². The monoisotopic (exact) mass is 360 g/mol. The van der Waals surface area contributed by atoms with E-state index < -0.39 is 0 Å². The summed E-state index contributed by atoms with van der Waals surface area (Å²) >= 11 is 0. The van der Waals surface area contributed by atoms with Gasteiger partial charge in [0.05, 0.1) is 13.2 Å². The SMILES string of the molecule is COCCOCC(=O)N1CCC2(CC1)CC(=O)N(Cc1ccccc1)C2. The lowest BCUT2D eigenvalue weighted by atomic mass is 9.77. The molecule has 0 aromatic heterocycles. The molecule has 2 aliphatic heterocycles. The minimum atomic E-state index is 0.0273. The maximum atomic E-state index is 12.5. The molecule has 1 aromatic carbocycles. The van der Waals surface area contributed by atoms with Gasteiger partial charge in [0.2, 0.25) is 11.8 Å². The first-order valence-corrected chi connectivity index (χ1v) is 9.28. The zero-order valence-corrected chi connectivity index (χ0v) is 15.5. The molecule has 2 fully saturated rings. The lowest BCUT2D eigenvalue weighted by molar-refractivity contribution is -0.138. The van der Waals surface area contributed by atoms with Crippen LogP contribution < -0.4 is 0 Å². The summed E-state index contributed by atoms with van der Waals surface area (Å²) in [5.41, 5.74) is 1.19. The van der Waals surface area contributed by atoms with Gasteiger partial charge in [-0.25, -0.2) is 0 Å². The molecule has 0 N–H and O–H groups in total. The smallest absolute Gasteiger partial charge is 0.248 e. The summed E-state index contributed by atoms with van der Waals surface area (Å²) in [6, 6.07) is 10.1. The van der Waals surface area contributed by atoms with Crippen LogP contribution in [-0.4, -0.2) is 68.2 Å². The molecule has 6 heteroatoms. The van der Waals surface area contributed by atoms with Crippen molar-refractivity contribution < 1.29 is 19.1 Å². The third-order valence-corrected chi connectivity index (χ3v) is 5.46. The van der Waals surface area contributed by atoms with Crippen LogP contribution in [0.2, 0.25) is 0 Å². The summed E-state index contributed by atoms with van der Waals surface area (Å²) in [6.45, 7) is 3.93. The van der Waals surface area contributed by atoms with Crippen molar-refractivity contribution in [2.75, 3.05) is 46.6 Å². The summed E-state index contributed by atoms with van der Waals surface area (Å²) in [5, 5.41) is 0. The topological polar surface area (TPSA) is 59.1 Å². The molecular formula is C20H28N2O4. The van der Waals surface area contributed by atoms with Crippen molar-refractivity contribution >= 4 is 11.8 Å². The second-order valence-electron chi connectivity index (χ2n) is 7.34. The largest absolute Gasteiger partial charge is 0.382 e. The highest BCUT2D eigenvalue weighted by Crippen LogP contribution is 2.41. The van der Waals surface area contributed by atoms with Crippen molar-refractivity contribution in [2.45, 2.75) is 25.8 Å². The van der Waals surface area contributed by atoms with E-state index in [4.69, 9.17) is 9.47 Å². The second-order valence-corrected chi connectivity index (χ2v) is 7.34. The Bertz CT molecular complexity index is 611. The van der Waals surface area contributed by atoms with Gasteiger partial charge in [-0.15, -0.1) is 0 Å². The Morgan fingerprint density at radius 3 is 2.58 bits per heavy atom. The molecular weight excluding hydrogens is 332 g/mol. The van der Waals surface area contributed by atoms with Crippen molar-refractivity contribution in [3.8, 4) is 0 Å². The molecule has 3 rings (SSSR count). The Kier molecular flexibility index (Phi) is 6.27. The number of ether oxygens (including phenoxy) is 2. The van der Waals surface area contributed by atoms with Gasteiger partial charge >= 0.3 is 0 Å². The van der Waals surface area contributed by atoms with Crippen LogP contribution in [0.15, 0.2) is 30.3 Å². The van der Waals surface area contributed by atoms with Crippen molar-refractivity contribution in [3.05, 3.63) is 35.9 Å². The van der Waals surface area contributed by atoms with Crippen LogP contribution in [0, 0.1) is 5.41 Å². The molecule has 2 saturated heterocycles. The van der Waals surface area contributed by atoms with Crippen LogP contribution in [0.25, 0.3) is 0 Å². The molecule has 1 spiro atoms. The first kappa shape index (κ1) is 18.9. The third-order valence-electron chi connectivity index (χ3n) is 5.46. The normalized spacial score (nSPS) is 19.3. The van der Waals surface area contributed by atoms with E-state index in [2.05, 4.69) is 12.1 Å². The minimum Gasteiger partial charge on any atom is -0.382 e. The maximum absolute atomic E-state index is 12.5. The van der Waals surface area contributed by atoms with Gasteiger partial charge in [-0.2, -0.15) is 0 Å². The number of hydrogen-bond acceptors (Lipinski definition) is 4. The summed E-state index contributed by atoms with van der Waals surface area (Å²) in [5.74, 6) is 0.262. The second kappa shape index (κ2) is 8.64. The predicted molar refractivity (Wildman–Crippen MR) is 97.4 cm³/mol. The summed E-state index contributed by atoms with van der Waals surface area (Å²) in [6.07, 6.45) is 2.37. The van der Waals surface area contributed by atoms with Crippen molar-refractivity contribution in [3.63, 3.8) is 0 Å². The number of piperidine rings is 1. The Morgan fingerprint density at radius 2 is 1.88 bits per heavy atom. The van der Waals surface area contributed by atoms with E-state index in [1.165, 1.54) is 5.56 Å². The van der Waals surface area contributed by atoms with E-state index in [0.717, 1.165) is 19.4 Å². The van der Waals surface area contributed by atoms with Gasteiger partial charge in [0.15, 0.2) is 0 Å². The van der Waals surface area contributed by atoms with E-state index in [1.807, 2.05) is 28.0 Å². The summed E-state index contributed by atoms with van der Waals surface area (Å²) in [4.78, 5) is 28.5. The molecule has 2 amide bonds. The maximum Gasteiger partial charge on any atom is 0.248 e. The fourth-order valence-electron chi connectivity index (χ4n) is 3.89. The van der Waals surface area contributed by atoms with Crippen molar-refractivity contribution in [1.29, 1.82) is 0 Å². The van der Waals surface area contributed by atoms with Crippen LogP contribution in [0.4, 0.5) is 0 Å². The quantitative estimate of drug-likeness (QED) is 0.695. The first-order valence-electron chi connectivity index (χ1n) is 9.28. The van der Waals surface area contributed by atoms with Crippen LogP contribution in [0.1, 0.15) is 24.8 Å². The van der Waals surface area contributed by atoms with E-state index in [1.54, 1.807) is 7.11 Å². The Labute approximate surface area is 155 Å². The number of amides is 2. The lowest BCUT2D eigenvalue weighted by Gasteiger charge is -2.38. The fraction of sp³-hybridized carbons (Fsp3) is 0.600. The molecule has 2 aliphatic rings. The standard InChI is InChI=1S/C20H28N2O4/c1-25-11-12-26-15-19(24)21-9-7-20(8-10-21)13-18(23)22(16-20)14-17-5-3-2-4-6-17/h2-6H,7-16H2,1H3. The third kappa shape index (κ3) is 4.62. The predicted octanol–water partition coefficient (Wildman–Crippen LogP) is 1.69. The summed E-state index contributed by atoms with van der Waals surface area (Å²) < 4.78 is 10.2. The zero-order chi connectivity index (χ0) is 18.4. The van der Waals surface area contributed by atoms with Crippen LogP contribution in [0.5, 0.6) is 0 Å². The highest BCUT2D eigenvalue weighted by atomic mass is 16.5. The van der Waals surface area contributed by atoms with Gasteiger partial charge in [-0.1, -0.05) is 30.3 Å². The Hall–Kier alpha value is -1.92. The first-order chi connectivity index (χ1) is 12.6. The van der Waals surface area contributed by atoms with Gasteiger partial charge in [-0.3, -0.25) is 9.59 Å². The number of carbonyl (C=O) groups is 2. The molecule has 2 heterocycles. The number of likely N-dealkylation sites (tertiary alicyclic amines) is 2. The molecule has 26 heavy (non-hydrogen) atoms. The number of nitrogens with zero attached hydrogens (tertiary/aromatic N) is 2. The van der Waals surface area contributed by atoms with Gasteiger partial charge < -0.3 is 19.3 Å². The number of carbonyl (C=O) groups excluding carboxylic acids is 2. The minimum absolute atomic E-state index is 0.0273. The fourth-order valence-corrected chi connectivity index (χ4v) is 3.89. The van der Waals surface area contributed by atoms with Crippen LogP contribution in [-0.2, 0) is 25.6 Å². The van der Waals surface area contributed by atoms with Crippen LogP contribution >= 0.6 is 0 Å². The number of methoxy groups -OCH3 is 1. The highest BCUT2D eigenvalue weighted by Gasteiger charge is 2.45. The molecule has 1 aromatic rings. The number of hydrogen-bond donors (Lipinski definition) is 0. The van der Waals surface area contributed by atoms with E-state index >= 15 is 0 Å². The highest BCUT2D eigenvalue weighted by molar-refractivity contribution is 5.80. The molecule has 0 bridgehead atoms. The molecule has 0 atom stereocenters. The molecule has 0 radical (unpaired) electrons. The Balaban J connectivity index is 1.48. The molecule has 142 valence electrons. The number of benzene rings is 1. The van der Waals surface area contributed by atoms with Crippen molar-refractivity contribution in [1.82, 2.24) is 9.80 Å². The average Bonchev–Trinajstić information content (AvgIpc) is 2.95. The summed E-state index contributed by atoms with van der Waals surface area (Å²) in [7, 11) is 1.61. The van der Waals surface area contributed by atoms with Gasteiger partial charge in [-0.05, 0) is 18.4 Å². The van der Waals surface area contributed by atoms with Crippen molar-refractivity contribution in [2.24, 2.45) is 5.41 Å². The molecule has 6 nitrogen and oxygen atoms in total. The van der Waals surface area contributed by atoms with Gasteiger partial charge in [0.1, 0.15) is 6.61 Å². The van der Waals surface area contributed by atoms with E-state index in [9.17, 15) is 9.59 Å². The number of rotatable bonds is 7. The molecule has 0 saturated carbocycles. The molecule has 0 aliphatic carbocycles. The lowest BCUT2D eigenvalue weighted by Crippen LogP contribution is -2.45. The Morgan fingerprint density at radius 1 is 1.15 bits per heavy atom. The van der Waals surface area contributed by atoms with E-state index in [-0.39, 0.29) is 23.8 Å². The zero-order valence-electron chi connectivity index (χ0n) is 15.5. The van der Waals surface area contributed by atoms with Crippen LogP contribution in [0.3, 0.4) is 0 Å². The van der Waals surface area contributed by atoms with E-state index in [0.29, 0.717) is 39.3 Å². The average molecular weight is 360 g/mol. The van der Waals surface area contributed by atoms with Gasteiger partial charge in [0, 0.05) is 45.1 Å². The molecule has 0 unspecified atom stereocenters.